The maximum Gasteiger partial charge on any atom is 0.337 e. The third-order valence-corrected chi connectivity index (χ3v) is 3.65. The van der Waals surface area contributed by atoms with Gasteiger partial charge < -0.3 is 19.3 Å². The molecule has 0 bridgehead atoms. The number of nitrogens with one attached hydrogen (secondary N) is 1. The van der Waals surface area contributed by atoms with Crippen molar-refractivity contribution < 1.29 is 23.6 Å². The van der Waals surface area contributed by atoms with E-state index in [1.807, 2.05) is 0 Å². The molecule has 3 rings (SSSR count). The summed E-state index contributed by atoms with van der Waals surface area (Å²) < 4.78 is 14.6. The van der Waals surface area contributed by atoms with E-state index in [-0.39, 0.29) is 17.7 Å². The fourth-order valence-corrected chi connectivity index (χ4v) is 2.23. The van der Waals surface area contributed by atoms with Gasteiger partial charge in [-0.15, -0.1) is 0 Å². The molecule has 8 nitrogen and oxygen atoms in total. The summed E-state index contributed by atoms with van der Waals surface area (Å²) in [5.41, 5.74) is 1.03. The second-order valence-electron chi connectivity index (χ2n) is 5.46. The van der Waals surface area contributed by atoms with E-state index in [1.54, 1.807) is 12.1 Å². The third kappa shape index (κ3) is 3.53. The first kappa shape index (κ1) is 16.0. The molecule has 0 atom stereocenters. The highest BCUT2D eigenvalue weighted by molar-refractivity contribution is 5.96. The fraction of sp³-hybridized carbons (Fsp3) is 0.375. The van der Waals surface area contributed by atoms with E-state index in [0.717, 1.165) is 18.7 Å². The van der Waals surface area contributed by atoms with Crippen LogP contribution >= 0.6 is 0 Å². The zero-order valence-electron chi connectivity index (χ0n) is 13.4. The Morgan fingerprint density at radius 1 is 1.17 bits per heavy atom. The molecule has 8 heteroatoms. The van der Waals surface area contributed by atoms with E-state index < -0.39 is 11.9 Å². The molecule has 1 fully saturated rings. The van der Waals surface area contributed by atoms with E-state index in [1.165, 1.54) is 20.3 Å². The van der Waals surface area contributed by atoms with Crippen molar-refractivity contribution in [2.45, 2.75) is 25.3 Å². The number of esters is 2. The summed E-state index contributed by atoms with van der Waals surface area (Å²) in [7, 11) is 2.55. The Bertz CT molecular complexity index is 733. The number of anilines is 1. The lowest BCUT2D eigenvalue weighted by Crippen LogP contribution is -2.09. The van der Waals surface area contributed by atoms with Gasteiger partial charge in [-0.2, -0.15) is 4.98 Å². The minimum atomic E-state index is -0.544. The standard InChI is InChI=1S/C16H17N3O5/c1-22-15(20)10-5-11(16(21)23-2)7-12(6-10)17-8-13-18-14(19-24-13)9-3-4-9/h5-7,9,17H,3-4,8H2,1-2H3. The molecule has 24 heavy (non-hydrogen) atoms. The van der Waals surface area contributed by atoms with Crippen LogP contribution in [0.2, 0.25) is 0 Å². The summed E-state index contributed by atoms with van der Waals surface area (Å²) in [6.45, 7) is 0.283. The van der Waals surface area contributed by atoms with Gasteiger partial charge in [-0.3, -0.25) is 0 Å². The number of hydrogen-bond donors (Lipinski definition) is 1. The number of ether oxygens (including phenoxy) is 2. The van der Waals surface area contributed by atoms with Crippen LogP contribution in [0.3, 0.4) is 0 Å². The number of hydrogen-bond acceptors (Lipinski definition) is 8. The van der Waals surface area contributed by atoms with E-state index >= 15 is 0 Å². The summed E-state index contributed by atoms with van der Waals surface area (Å²) in [5, 5.41) is 6.99. The molecule has 0 amide bonds. The molecule has 2 aromatic rings. The molecular formula is C16H17N3O5. The topological polar surface area (TPSA) is 104 Å². The zero-order valence-corrected chi connectivity index (χ0v) is 13.4. The van der Waals surface area contributed by atoms with Crippen molar-refractivity contribution in [1.29, 1.82) is 0 Å². The minimum absolute atomic E-state index is 0.243. The lowest BCUT2D eigenvalue weighted by molar-refractivity contribution is 0.0599. The van der Waals surface area contributed by atoms with E-state index in [4.69, 9.17) is 14.0 Å². The number of rotatable bonds is 6. The number of aromatic nitrogens is 2. The first-order valence-corrected chi connectivity index (χ1v) is 7.48. The molecule has 1 aliphatic rings. The monoisotopic (exact) mass is 331 g/mol. The lowest BCUT2D eigenvalue weighted by Gasteiger charge is -2.09. The summed E-state index contributed by atoms with van der Waals surface area (Å²) >= 11 is 0. The number of nitrogens with zero attached hydrogens (tertiary/aromatic N) is 2. The first-order valence-electron chi connectivity index (χ1n) is 7.48. The molecule has 0 unspecified atom stereocenters. The van der Waals surface area contributed by atoms with E-state index in [2.05, 4.69) is 15.5 Å². The number of benzene rings is 1. The highest BCUT2D eigenvalue weighted by Gasteiger charge is 2.28. The normalized spacial score (nSPS) is 13.4. The third-order valence-electron chi connectivity index (χ3n) is 3.65. The van der Waals surface area contributed by atoms with E-state index in [0.29, 0.717) is 17.5 Å². The van der Waals surface area contributed by atoms with Gasteiger partial charge in [0, 0.05) is 11.6 Å². The Balaban J connectivity index is 1.77. The molecule has 0 saturated heterocycles. The quantitative estimate of drug-likeness (QED) is 0.803. The van der Waals surface area contributed by atoms with Gasteiger partial charge in [0.2, 0.25) is 5.89 Å². The van der Waals surface area contributed by atoms with Crippen LogP contribution < -0.4 is 5.32 Å². The van der Waals surface area contributed by atoms with Crippen LogP contribution in [-0.4, -0.2) is 36.3 Å². The van der Waals surface area contributed by atoms with Gasteiger partial charge in [-0.1, -0.05) is 5.16 Å². The van der Waals surface area contributed by atoms with Crippen LogP contribution in [0, 0.1) is 0 Å². The predicted octanol–water partition coefficient (Wildman–Crippen LogP) is 2.13. The second kappa shape index (κ2) is 6.69. The fourth-order valence-electron chi connectivity index (χ4n) is 2.23. The van der Waals surface area contributed by atoms with Crippen LogP contribution in [0.4, 0.5) is 5.69 Å². The Morgan fingerprint density at radius 2 is 1.79 bits per heavy atom. The van der Waals surface area contributed by atoms with Crippen LogP contribution in [0.25, 0.3) is 0 Å². The second-order valence-corrected chi connectivity index (χ2v) is 5.46. The maximum absolute atomic E-state index is 11.7. The summed E-state index contributed by atoms with van der Waals surface area (Å²) in [6.07, 6.45) is 2.19. The summed E-state index contributed by atoms with van der Waals surface area (Å²) in [5.74, 6) is 0.497. The Kier molecular flexibility index (Phi) is 4.45. The molecule has 0 spiro atoms. The van der Waals surface area contributed by atoms with Crippen LogP contribution in [0.1, 0.15) is 51.2 Å². The average molecular weight is 331 g/mol. The first-order chi connectivity index (χ1) is 11.6. The Hall–Kier alpha value is -2.90. The highest BCUT2D eigenvalue weighted by atomic mass is 16.5. The zero-order chi connectivity index (χ0) is 17.1. The molecule has 1 heterocycles. The Morgan fingerprint density at radius 3 is 2.33 bits per heavy atom. The van der Waals surface area contributed by atoms with Crippen molar-refractivity contribution in [3.63, 3.8) is 0 Å². The predicted molar refractivity (Wildman–Crippen MR) is 82.7 cm³/mol. The highest BCUT2D eigenvalue weighted by Crippen LogP contribution is 2.38. The smallest absolute Gasteiger partial charge is 0.337 e. The van der Waals surface area contributed by atoms with Crippen LogP contribution in [0.15, 0.2) is 22.7 Å². The van der Waals surface area contributed by atoms with Gasteiger partial charge >= 0.3 is 11.9 Å². The minimum Gasteiger partial charge on any atom is -0.465 e. The molecule has 1 aromatic heterocycles. The van der Waals surface area contributed by atoms with Crippen LogP contribution in [0.5, 0.6) is 0 Å². The molecule has 0 radical (unpaired) electrons. The van der Waals surface area contributed by atoms with Crippen LogP contribution in [-0.2, 0) is 16.0 Å². The molecule has 1 aromatic carbocycles. The van der Waals surface area contributed by atoms with Gasteiger partial charge in [0.05, 0.1) is 31.9 Å². The molecule has 1 saturated carbocycles. The van der Waals surface area contributed by atoms with E-state index in [9.17, 15) is 9.59 Å². The molecular weight excluding hydrogens is 314 g/mol. The van der Waals surface area contributed by atoms with Gasteiger partial charge in [-0.25, -0.2) is 9.59 Å². The van der Waals surface area contributed by atoms with Crippen molar-refractivity contribution in [2.24, 2.45) is 0 Å². The summed E-state index contributed by atoms with van der Waals surface area (Å²) in [6, 6.07) is 4.58. The largest absolute Gasteiger partial charge is 0.465 e. The lowest BCUT2D eigenvalue weighted by atomic mass is 10.1. The number of carbonyl (C=O) groups excluding carboxylic acids is 2. The van der Waals surface area contributed by atoms with Gasteiger partial charge in [0.1, 0.15) is 0 Å². The average Bonchev–Trinajstić information content (AvgIpc) is 3.36. The van der Waals surface area contributed by atoms with Crippen molar-refractivity contribution >= 4 is 17.6 Å². The van der Waals surface area contributed by atoms with Crippen molar-refractivity contribution in [3.8, 4) is 0 Å². The Labute approximate surface area is 138 Å². The van der Waals surface area contributed by atoms with Gasteiger partial charge in [0.15, 0.2) is 5.82 Å². The maximum atomic E-state index is 11.7. The molecule has 1 aliphatic carbocycles. The van der Waals surface area contributed by atoms with Crippen molar-refractivity contribution in [1.82, 2.24) is 10.1 Å². The SMILES string of the molecule is COC(=O)c1cc(NCc2nc(C3CC3)no2)cc(C(=O)OC)c1. The number of carbonyl (C=O) groups is 2. The van der Waals surface area contributed by atoms with Crippen molar-refractivity contribution in [3.05, 3.63) is 41.0 Å². The van der Waals surface area contributed by atoms with Crippen molar-refractivity contribution in [2.75, 3.05) is 19.5 Å². The van der Waals surface area contributed by atoms with Gasteiger partial charge in [-0.05, 0) is 31.0 Å². The summed E-state index contributed by atoms with van der Waals surface area (Å²) in [4.78, 5) is 27.8. The van der Waals surface area contributed by atoms with Gasteiger partial charge in [0.25, 0.3) is 0 Å². The molecule has 0 aliphatic heterocycles. The molecule has 1 N–H and O–H groups in total. The number of methoxy groups -OCH3 is 2. The molecule has 126 valence electrons.